The highest BCUT2D eigenvalue weighted by Crippen LogP contribution is 2.10. The van der Waals surface area contributed by atoms with Crippen LogP contribution in [0.4, 0.5) is 4.79 Å². The number of carbonyl (C=O) groups excluding carboxylic acids is 1. The fourth-order valence-electron chi connectivity index (χ4n) is 2.46. The molecule has 1 aliphatic heterocycles. The molecule has 1 aliphatic rings. The van der Waals surface area contributed by atoms with Crippen molar-refractivity contribution in [3.63, 3.8) is 0 Å². The molecule has 1 heterocycles. The highest BCUT2D eigenvalue weighted by Gasteiger charge is 2.19. The second-order valence-electron chi connectivity index (χ2n) is 7.55. The smallest absolute Gasteiger partial charge is 0.410 e. The van der Waals surface area contributed by atoms with Gasteiger partial charge in [-0.05, 0) is 46.7 Å². The van der Waals surface area contributed by atoms with Gasteiger partial charge in [0.05, 0.1) is 0 Å². The van der Waals surface area contributed by atoms with Gasteiger partial charge in [0.25, 0.3) is 0 Å². The number of ether oxygens (including phenoxy) is 1. The first-order valence-corrected chi connectivity index (χ1v) is 8.96. The van der Waals surface area contributed by atoms with Gasteiger partial charge < -0.3 is 30.2 Å². The van der Waals surface area contributed by atoms with E-state index in [9.17, 15) is 9.90 Å². The molecule has 1 rings (SSSR count). The van der Waals surface area contributed by atoms with Crippen molar-refractivity contribution in [2.24, 2.45) is 10.9 Å². The van der Waals surface area contributed by atoms with Crippen LogP contribution in [0.3, 0.4) is 0 Å². The molecular formula is C17H34N4O4. The first kappa shape index (κ1) is 21.5. The maximum atomic E-state index is 11.8. The Morgan fingerprint density at radius 2 is 1.96 bits per heavy atom. The van der Waals surface area contributed by atoms with Crippen LogP contribution in [0.15, 0.2) is 5.16 Å². The van der Waals surface area contributed by atoms with Crippen LogP contribution in [0, 0.1) is 0 Å². The molecule has 1 atom stereocenters. The van der Waals surface area contributed by atoms with Gasteiger partial charge in [0.2, 0.25) is 0 Å². The fraction of sp³-hybridized carbons (Fsp3) is 0.882. The summed E-state index contributed by atoms with van der Waals surface area (Å²) in [5.41, 5.74) is 5.24. The van der Waals surface area contributed by atoms with E-state index in [1.54, 1.807) is 7.05 Å². The summed E-state index contributed by atoms with van der Waals surface area (Å²) >= 11 is 0. The zero-order chi connectivity index (χ0) is 18.9. The van der Waals surface area contributed by atoms with E-state index in [1.165, 1.54) is 24.2 Å². The molecule has 146 valence electrons. The van der Waals surface area contributed by atoms with Crippen molar-refractivity contribution >= 4 is 11.9 Å². The van der Waals surface area contributed by atoms with Crippen LogP contribution in [0.25, 0.3) is 0 Å². The van der Waals surface area contributed by atoms with Gasteiger partial charge in [-0.2, -0.15) is 0 Å². The predicted octanol–water partition coefficient (Wildman–Crippen LogP) is 1.38. The third-order valence-corrected chi connectivity index (χ3v) is 3.77. The quantitative estimate of drug-likeness (QED) is 0.386. The Labute approximate surface area is 150 Å². The monoisotopic (exact) mass is 358 g/mol. The van der Waals surface area contributed by atoms with Gasteiger partial charge in [0, 0.05) is 26.6 Å². The minimum atomic E-state index is -0.584. The van der Waals surface area contributed by atoms with Crippen LogP contribution < -0.4 is 5.73 Å². The van der Waals surface area contributed by atoms with Gasteiger partial charge >= 0.3 is 6.09 Å². The first-order chi connectivity index (χ1) is 11.7. The highest BCUT2D eigenvalue weighted by molar-refractivity contribution is 5.80. The number of amidine groups is 1. The second-order valence-corrected chi connectivity index (χ2v) is 7.55. The van der Waals surface area contributed by atoms with Gasteiger partial charge in [-0.1, -0.05) is 11.6 Å². The van der Waals surface area contributed by atoms with Crippen molar-refractivity contribution in [3.05, 3.63) is 0 Å². The number of rotatable bonds is 8. The van der Waals surface area contributed by atoms with E-state index >= 15 is 0 Å². The van der Waals surface area contributed by atoms with Crippen molar-refractivity contribution in [2.45, 2.75) is 58.2 Å². The average molecular weight is 358 g/mol. The Morgan fingerprint density at radius 3 is 2.56 bits per heavy atom. The third kappa shape index (κ3) is 10.1. The normalized spacial score (nSPS) is 17.9. The van der Waals surface area contributed by atoms with Crippen molar-refractivity contribution in [2.75, 3.05) is 39.8 Å². The number of oxime groups is 1. The molecule has 8 heteroatoms. The van der Waals surface area contributed by atoms with E-state index in [4.69, 9.17) is 15.3 Å². The summed E-state index contributed by atoms with van der Waals surface area (Å²) in [6.07, 6.45) is 3.02. The lowest BCUT2D eigenvalue weighted by Crippen LogP contribution is -2.38. The van der Waals surface area contributed by atoms with Crippen LogP contribution in [0.5, 0.6) is 0 Å². The SMILES string of the molecule is CN(CCC(N)=NOCC(O)CN1CCCCC1)C(=O)OC(C)(C)C. The second kappa shape index (κ2) is 10.5. The molecule has 0 aromatic rings. The Bertz CT molecular complexity index is 431. The molecular weight excluding hydrogens is 324 g/mol. The van der Waals surface area contributed by atoms with Gasteiger partial charge in [-0.25, -0.2) is 4.79 Å². The lowest BCUT2D eigenvalue weighted by Gasteiger charge is -2.28. The fourth-order valence-corrected chi connectivity index (χ4v) is 2.46. The molecule has 1 fully saturated rings. The molecule has 0 aliphatic carbocycles. The van der Waals surface area contributed by atoms with Gasteiger partial charge in [0.15, 0.2) is 0 Å². The van der Waals surface area contributed by atoms with Gasteiger partial charge in [-0.3, -0.25) is 0 Å². The van der Waals surface area contributed by atoms with Crippen LogP contribution in [-0.4, -0.2) is 78.4 Å². The number of piperidine rings is 1. The Balaban J connectivity index is 2.20. The summed E-state index contributed by atoms with van der Waals surface area (Å²) in [5, 5.41) is 13.8. The molecule has 0 aromatic heterocycles. The third-order valence-electron chi connectivity index (χ3n) is 3.77. The number of aliphatic hydroxyl groups excluding tert-OH is 1. The summed E-state index contributed by atoms with van der Waals surface area (Å²) < 4.78 is 5.25. The van der Waals surface area contributed by atoms with Crippen LogP contribution in [-0.2, 0) is 9.57 Å². The van der Waals surface area contributed by atoms with Crippen LogP contribution in [0.1, 0.15) is 46.5 Å². The zero-order valence-corrected chi connectivity index (χ0v) is 16.0. The molecule has 0 bridgehead atoms. The molecule has 8 nitrogen and oxygen atoms in total. The van der Waals surface area contributed by atoms with Crippen molar-refractivity contribution < 1.29 is 19.5 Å². The predicted molar refractivity (Wildman–Crippen MR) is 97.4 cm³/mol. The Morgan fingerprint density at radius 1 is 1.32 bits per heavy atom. The minimum Gasteiger partial charge on any atom is -0.444 e. The molecule has 0 radical (unpaired) electrons. The van der Waals surface area contributed by atoms with E-state index < -0.39 is 17.8 Å². The summed E-state index contributed by atoms with van der Waals surface area (Å²) in [6.45, 7) is 8.59. The number of nitrogens with two attached hydrogens (primary N) is 1. The number of β-amino-alcohol motifs (C(OH)–C–C–N with tert-alkyl or cyclic N) is 1. The molecule has 1 unspecified atom stereocenters. The molecule has 25 heavy (non-hydrogen) atoms. The molecule has 3 N–H and O–H groups in total. The van der Waals surface area contributed by atoms with E-state index in [-0.39, 0.29) is 12.4 Å². The maximum Gasteiger partial charge on any atom is 0.410 e. The van der Waals surface area contributed by atoms with Crippen molar-refractivity contribution in [3.8, 4) is 0 Å². The zero-order valence-electron chi connectivity index (χ0n) is 16.0. The molecule has 0 saturated carbocycles. The average Bonchev–Trinajstić information content (AvgIpc) is 2.51. The van der Waals surface area contributed by atoms with E-state index in [0.29, 0.717) is 19.5 Å². The summed E-state index contributed by atoms with van der Waals surface area (Å²) in [4.78, 5) is 20.6. The van der Waals surface area contributed by atoms with Crippen molar-refractivity contribution in [1.82, 2.24) is 9.80 Å². The molecule has 0 aromatic carbocycles. The van der Waals surface area contributed by atoms with Gasteiger partial charge in [0.1, 0.15) is 24.1 Å². The molecule has 1 saturated heterocycles. The topological polar surface area (TPSA) is 101 Å². The van der Waals surface area contributed by atoms with Crippen LogP contribution >= 0.6 is 0 Å². The minimum absolute atomic E-state index is 0.110. The number of amides is 1. The number of hydrogen-bond acceptors (Lipinski definition) is 6. The largest absolute Gasteiger partial charge is 0.444 e. The Hall–Kier alpha value is -1.54. The number of aliphatic hydroxyl groups is 1. The summed E-state index contributed by atoms with van der Waals surface area (Å²) in [5.74, 6) is 0.278. The number of hydrogen-bond donors (Lipinski definition) is 2. The first-order valence-electron chi connectivity index (χ1n) is 8.96. The van der Waals surface area contributed by atoms with E-state index in [2.05, 4.69) is 10.1 Å². The standard InChI is InChI=1S/C17H34N4O4/c1-17(2,3)25-16(23)20(4)11-8-15(18)19-24-13-14(22)12-21-9-6-5-7-10-21/h14,22H,5-13H2,1-4H3,(H2,18,19). The summed E-state index contributed by atoms with van der Waals surface area (Å²) in [6, 6.07) is 0. The number of nitrogens with zero attached hydrogens (tertiary/aromatic N) is 3. The highest BCUT2D eigenvalue weighted by atomic mass is 16.6. The lowest BCUT2D eigenvalue weighted by atomic mass is 10.1. The molecule has 1 amide bonds. The maximum absolute atomic E-state index is 11.8. The van der Waals surface area contributed by atoms with E-state index in [1.807, 2.05) is 20.8 Å². The van der Waals surface area contributed by atoms with Gasteiger partial charge in [-0.15, -0.1) is 0 Å². The van der Waals surface area contributed by atoms with E-state index in [0.717, 1.165) is 13.1 Å². The van der Waals surface area contributed by atoms with Crippen molar-refractivity contribution in [1.29, 1.82) is 0 Å². The lowest BCUT2D eigenvalue weighted by molar-refractivity contribution is 0.0154. The van der Waals surface area contributed by atoms with Crippen LogP contribution in [0.2, 0.25) is 0 Å². The number of likely N-dealkylation sites (tertiary alicyclic amines) is 1. The molecule has 0 spiro atoms. The number of carbonyl (C=O) groups is 1. The Kier molecular flexibility index (Phi) is 8.99. The summed E-state index contributed by atoms with van der Waals surface area (Å²) in [7, 11) is 1.64.